The number of aromatic nitrogens is 4. The topological polar surface area (TPSA) is 106 Å². The Hall–Kier alpha value is -2.86. The minimum absolute atomic E-state index is 0.0431. The molecule has 0 aliphatic carbocycles. The van der Waals surface area contributed by atoms with E-state index in [-0.39, 0.29) is 39.7 Å². The molecule has 0 spiro atoms. The SMILES string of the molecule is Cc1cc(-c2noc(-c3cn4cc(C(F)(F)F)cc(Cl)c4n3)n2)c(Cl)cc1OCC(O)CO. The lowest BCUT2D eigenvalue weighted by Crippen LogP contribution is -2.21. The highest BCUT2D eigenvalue weighted by atomic mass is 35.5. The van der Waals surface area contributed by atoms with Gasteiger partial charge in [0.1, 0.15) is 24.2 Å². The number of ether oxygens (including phenoxy) is 1. The van der Waals surface area contributed by atoms with Gasteiger partial charge in [-0.2, -0.15) is 18.2 Å². The molecule has 0 fully saturated rings. The highest BCUT2D eigenvalue weighted by Gasteiger charge is 2.32. The summed E-state index contributed by atoms with van der Waals surface area (Å²) in [5, 5.41) is 22.3. The van der Waals surface area contributed by atoms with Crippen LogP contribution in [0.3, 0.4) is 0 Å². The summed E-state index contributed by atoms with van der Waals surface area (Å²) in [6, 6.07) is 3.95. The van der Waals surface area contributed by atoms with E-state index in [2.05, 4.69) is 15.1 Å². The van der Waals surface area contributed by atoms with Crippen LogP contribution in [0.4, 0.5) is 13.2 Å². The van der Waals surface area contributed by atoms with Gasteiger partial charge in [0.25, 0.3) is 5.89 Å². The van der Waals surface area contributed by atoms with Gasteiger partial charge in [0.15, 0.2) is 5.65 Å². The minimum Gasteiger partial charge on any atom is -0.490 e. The summed E-state index contributed by atoms with van der Waals surface area (Å²) >= 11 is 12.3. The van der Waals surface area contributed by atoms with E-state index in [9.17, 15) is 18.3 Å². The van der Waals surface area contributed by atoms with Crippen LogP contribution in [0.1, 0.15) is 11.1 Å². The third kappa shape index (κ3) is 4.76. The smallest absolute Gasteiger partial charge is 0.417 e. The average Bonchev–Trinajstić information content (AvgIpc) is 3.40. The van der Waals surface area contributed by atoms with E-state index >= 15 is 0 Å². The molecule has 1 unspecified atom stereocenters. The molecule has 4 rings (SSSR count). The molecule has 1 atom stereocenters. The largest absolute Gasteiger partial charge is 0.490 e. The molecule has 0 saturated heterocycles. The Kier molecular flexibility index (Phi) is 6.23. The summed E-state index contributed by atoms with van der Waals surface area (Å²) in [5.41, 5.74) is 0.373. The molecular formula is C20H15Cl2F3N4O4. The second-order valence-corrected chi connectivity index (χ2v) is 7.91. The average molecular weight is 503 g/mol. The Bertz CT molecular complexity index is 1320. The van der Waals surface area contributed by atoms with Gasteiger partial charge in [0.2, 0.25) is 5.82 Å². The number of fused-ring (bicyclic) bond motifs is 1. The fourth-order valence-corrected chi connectivity index (χ4v) is 3.48. The molecule has 0 bridgehead atoms. The first-order chi connectivity index (χ1) is 15.6. The molecule has 0 saturated carbocycles. The third-order valence-electron chi connectivity index (χ3n) is 4.63. The zero-order valence-electron chi connectivity index (χ0n) is 16.8. The Morgan fingerprint density at radius 3 is 2.61 bits per heavy atom. The molecule has 4 aromatic rings. The number of nitrogens with zero attached hydrogens (tertiary/aromatic N) is 4. The molecule has 2 N–H and O–H groups in total. The van der Waals surface area contributed by atoms with Crippen molar-refractivity contribution in [3.05, 3.63) is 51.8 Å². The Morgan fingerprint density at radius 2 is 1.91 bits per heavy atom. The summed E-state index contributed by atoms with van der Waals surface area (Å²) in [6.45, 7) is 1.18. The van der Waals surface area contributed by atoms with Crippen LogP contribution >= 0.6 is 23.2 Å². The van der Waals surface area contributed by atoms with Gasteiger partial charge in [0, 0.05) is 18.0 Å². The number of rotatable bonds is 6. The van der Waals surface area contributed by atoms with Crippen LogP contribution in [0, 0.1) is 6.92 Å². The molecule has 174 valence electrons. The summed E-state index contributed by atoms with van der Waals surface area (Å²) in [6.07, 6.45) is -3.44. The number of imidazole rings is 1. The molecule has 1 aromatic carbocycles. The van der Waals surface area contributed by atoms with Crippen LogP contribution in [0.25, 0.3) is 28.6 Å². The van der Waals surface area contributed by atoms with E-state index in [0.717, 1.165) is 16.7 Å². The first-order valence-electron chi connectivity index (χ1n) is 9.38. The molecule has 8 nitrogen and oxygen atoms in total. The highest BCUT2D eigenvalue weighted by Crippen LogP contribution is 2.35. The van der Waals surface area contributed by atoms with Gasteiger partial charge < -0.3 is 23.9 Å². The van der Waals surface area contributed by atoms with E-state index < -0.39 is 24.5 Å². The van der Waals surface area contributed by atoms with Gasteiger partial charge >= 0.3 is 6.18 Å². The highest BCUT2D eigenvalue weighted by molar-refractivity contribution is 6.33. The van der Waals surface area contributed by atoms with Crippen LogP contribution in [0.15, 0.2) is 35.1 Å². The number of alkyl halides is 3. The molecule has 3 aromatic heterocycles. The van der Waals surface area contributed by atoms with E-state index in [1.54, 1.807) is 13.0 Å². The summed E-state index contributed by atoms with van der Waals surface area (Å²) in [5.74, 6) is 0.480. The van der Waals surface area contributed by atoms with Gasteiger partial charge in [-0.3, -0.25) is 0 Å². The van der Waals surface area contributed by atoms with Crippen LogP contribution in [-0.4, -0.2) is 49.1 Å². The van der Waals surface area contributed by atoms with Crippen molar-refractivity contribution in [1.82, 2.24) is 19.5 Å². The maximum atomic E-state index is 13.0. The second kappa shape index (κ2) is 8.82. The zero-order valence-corrected chi connectivity index (χ0v) is 18.3. The van der Waals surface area contributed by atoms with E-state index in [1.165, 1.54) is 12.3 Å². The number of halogens is 5. The Morgan fingerprint density at radius 1 is 1.15 bits per heavy atom. The van der Waals surface area contributed by atoms with Crippen molar-refractivity contribution >= 4 is 28.8 Å². The van der Waals surface area contributed by atoms with Crippen molar-refractivity contribution in [2.24, 2.45) is 0 Å². The Labute approximate surface area is 194 Å². The van der Waals surface area contributed by atoms with Crippen LogP contribution in [0.5, 0.6) is 5.75 Å². The van der Waals surface area contributed by atoms with Crippen molar-refractivity contribution in [3.8, 4) is 28.7 Å². The van der Waals surface area contributed by atoms with Crippen molar-refractivity contribution in [2.75, 3.05) is 13.2 Å². The second-order valence-electron chi connectivity index (χ2n) is 7.10. The van der Waals surface area contributed by atoms with E-state index in [0.29, 0.717) is 16.9 Å². The van der Waals surface area contributed by atoms with Crippen molar-refractivity contribution in [2.45, 2.75) is 19.2 Å². The van der Waals surface area contributed by atoms with Crippen molar-refractivity contribution in [1.29, 1.82) is 0 Å². The molecule has 13 heteroatoms. The lowest BCUT2D eigenvalue weighted by atomic mass is 10.1. The molecule has 33 heavy (non-hydrogen) atoms. The van der Waals surface area contributed by atoms with E-state index in [1.807, 2.05) is 0 Å². The molecule has 0 radical (unpaired) electrons. The minimum atomic E-state index is -4.57. The maximum Gasteiger partial charge on any atom is 0.417 e. The number of aryl methyl sites for hydroxylation is 1. The Balaban J connectivity index is 1.65. The number of aliphatic hydroxyl groups is 2. The molecule has 0 aliphatic heterocycles. The van der Waals surface area contributed by atoms with Gasteiger partial charge in [0.05, 0.1) is 22.2 Å². The number of hydrogen-bond donors (Lipinski definition) is 2. The summed E-state index contributed by atoms with van der Waals surface area (Å²) < 4.78 is 51.0. The first kappa shape index (κ1) is 23.3. The van der Waals surface area contributed by atoms with Crippen molar-refractivity contribution < 1.29 is 32.6 Å². The third-order valence-corrected chi connectivity index (χ3v) is 5.22. The summed E-state index contributed by atoms with van der Waals surface area (Å²) in [4.78, 5) is 8.43. The lowest BCUT2D eigenvalue weighted by Gasteiger charge is -2.13. The molecular weight excluding hydrogens is 488 g/mol. The molecule has 0 aliphatic rings. The number of hydrogen-bond acceptors (Lipinski definition) is 7. The molecule has 0 amide bonds. The first-order valence-corrected chi connectivity index (χ1v) is 10.1. The lowest BCUT2D eigenvalue weighted by molar-refractivity contribution is -0.137. The predicted octanol–water partition coefficient (Wildman–Crippen LogP) is 4.42. The van der Waals surface area contributed by atoms with Crippen molar-refractivity contribution in [3.63, 3.8) is 0 Å². The number of aliphatic hydroxyl groups excluding tert-OH is 2. The number of pyridine rings is 1. The normalized spacial score (nSPS) is 13.0. The maximum absolute atomic E-state index is 13.0. The molecule has 3 heterocycles. The summed E-state index contributed by atoms with van der Waals surface area (Å²) in [7, 11) is 0. The van der Waals surface area contributed by atoms with Gasteiger partial charge in [-0.1, -0.05) is 28.4 Å². The van der Waals surface area contributed by atoms with E-state index in [4.69, 9.17) is 37.6 Å². The standard InChI is InChI=1S/C20H15Cl2F3N4O4/c1-9-2-12(13(21)4-16(9)32-8-11(31)7-30)17-27-19(33-28-17)15-6-29-5-10(20(23,24)25)3-14(22)18(29)26-15/h2-6,11,30-31H,7-8H2,1H3. The quantitative estimate of drug-likeness (QED) is 0.402. The fraction of sp³-hybridized carbons (Fsp3) is 0.250. The number of benzene rings is 1. The zero-order chi connectivity index (χ0) is 23.9. The predicted molar refractivity (Wildman–Crippen MR) is 112 cm³/mol. The monoisotopic (exact) mass is 502 g/mol. The van der Waals surface area contributed by atoms with Gasteiger partial charge in [-0.25, -0.2) is 4.98 Å². The van der Waals surface area contributed by atoms with Gasteiger partial charge in [-0.05, 0) is 30.7 Å². The van der Waals surface area contributed by atoms with Crippen LogP contribution < -0.4 is 4.74 Å². The van der Waals surface area contributed by atoms with Crippen LogP contribution in [0.2, 0.25) is 10.0 Å². The van der Waals surface area contributed by atoms with Gasteiger partial charge in [-0.15, -0.1) is 0 Å². The fourth-order valence-electron chi connectivity index (χ4n) is 2.98. The van der Waals surface area contributed by atoms with Crippen LogP contribution in [-0.2, 0) is 6.18 Å².